The molecule has 0 aliphatic carbocycles. The van der Waals surface area contributed by atoms with Crippen molar-refractivity contribution in [2.45, 2.75) is 6.54 Å². The minimum atomic E-state index is 0.460. The average Bonchev–Trinajstić information content (AvgIpc) is 2.31. The quantitative estimate of drug-likeness (QED) is 0.836. The molecule has 0 unspecified atom stereocenters. The number of likely N-dealkylation sites (N-methyl/N-ethyl adjacent to an activating group) is 1. The first-order chi connectivity index (χ1) is 7.72. The molecule has 0 amide bonds. The van der Waals surface area contributed by atoms with Gasteiger partial charge in [0.1, 0.15) is 5.82 Å². The third-order valence-electron chi connectivity index (χ3n) is 2.97. The van der Waals surface area contributed by atoms with Crippen LogP contribution in [0.2, 0.25) is 5.02 Å². The van der Waals surface area contributed by atoms with Crippen LogP contribution < -0.4 is 10.6 Å². The van der Waals surface area contributed by atoms with E-state index in [-0.39, 0.29) is 0 Å². The highest BCUT2D eigenvalue weighted by molar-refractivity contribution is 6.33. The third kappa shape index (κ3) is 2.29. The van der Waals surface area contributed by atoms with Crippen LogP contribution in [0.3, 0.4) is 0 Å². The van der Waals surface area contributed by atoms with Crippen LogP contribution in [0, 0.1) is 0 Å². The summed E-state index contributed by atoms with van der Waals surface area (Å²) in [6.45, 7) is 4.49. The number of aromatic nitrogens is 1. The van der Waals surface area contributed by atoms with Gasteiger partial charge in [-0.3, -0.25) is 0 Å². The van der Waals surface area contributed by atoms with Gasteiger partial charge in [-0.25, -0.2) is 4.98 Å². The van der Waals surface area contributed by atoms with Crippen molar-refractivity contribution in [3.05, 3.63) is 22.8 Å². The van der Waals surface area contributed by atoms with E-state index in [2.05, 4.69) is 21.8 Å². The molecule has 0 saturated carbocycles. The summed E-state index contributed by atoms with van der Waals surface area (Å²) in [6.07, 6.45) is 1.78. The van der Waals surface area contributed by atoms with Crippen molar-refractivity contribution < 1.29 is 0 Å². The Labute approximate surface area is 101 Å². The number of hydrogen-bond donors (Lipinski definition) is 1. The maximum Gasteiger partial charge on any atom is 0.147 e. The highest BCUT2D eigenvalue weighted by Gasteiger charge is 2.18. The van der Waals surface area contributed by atoms with Gasteiger partial charge < -0.3 is 15.5 Å². The molecule has 2 N–H and O–H groups in total. The minimum absolute atomic E-state index is 0.460. The normalized spacial score (nSPS) is 17.8. The maximum absolute atomic E-state index is 6.28. The van der Waals surface area contributed by atoms with Crippen LogP contribution in [0.25, 0.3) is 0 Å². The van der Waals surface area contributed by atoms with Crippen molar-refractivity contribution in [2.75, 3.05) is 38.1 Å². The lowest BCUT2D eigenvalue weighted by Crippen LogP contribution is -2.45. The average molecular weight is 241 g/mol. The summed E-state index contributed by atoms with van der Waals surface area (Å²) in [5.41, 5.74) is 6.60. The van der Waals surface area contributed by atoms with Gasteiger partial charge in [-0.1, -0.05) is 11.6 Å². The minimum Gasteiger partial charge on any atom is -0.353 e. The third-order valence-corrected chi connectivity index (χ3v) is 3.39. The largest absolute Gasteiger partial charge is 0.353 e. The molecule has 0 spiro atoms. The highest BCUT2D eigenvalue weighted by atomic mass is 35.5. The molecule has 2 heterocycles. The Hall–Kier alpha value is -0.840. The fourth-order valence-corrected chi connectivity index (χ4v) is 2.18. The van der Waals surface area contributed by atoms with Crippen LogP contribution in [0.15, 0.2) is 12.3 Å². The Balaban J connectivity index is 2.20. The number of pyridine rings is 1. The lowest BCUT2D eigenvalue weighted by Gasteiger charge is -2.33. The number of nitrogens with two attached hydrogens (primary N) is 1. The van der Waals surface area contributed by atoms with Gasteiger partial charge in [0.15, 0.2) is 0 Å². The van der Waals surface area contributed by atoms with Gasteiger partial charge in [0.2, 0.25) is 0 Å². The molecule has 1 aromatic heterocycles. The number of piperazine rings is 1. The summed E-state index contributed by atoms with van der Waals surface area (Å²) in [4.78, 5) is 8.88. The highest BCUT2D eigenvalue weighted by Crippen LogP contribution is 2.27. The van der Waals surface area contributed by atoms with Crippen LogP contribution >= 0.6 is 11.6 Å². The molecule has 1 saturated heterocycles. The first kappa shape index (κ1) is 11.6. The first-order valence-electron chi connectivity index (χ1n) is 5.49. The van der Waals surface area contributed by atoms with Crippen LogP contribution in [0.5, 0.6) is 0 Å². The molecule has 0 atom stereocenters. The van der Waals surface area contributed by atoms with Gasteiger partial charge in [0, 0.05) is 38.9 Å². The molecule has 2 rings (SSSR count). The first-order valence-corrected chi connectivity index (χ1v) is 5.87. The molecule has 0 aromatic carbocycles. The van der Waals surface area contributed by atoms with E-state index in [0.29, 0.717) is 11.6 Å². The van der Waals surface area contributed by atoms with Gasteiger partial charge >= 0.3 is 0 Å². The summed E-state index contributed by atoms with van der Waals surface area (Å²) in [5, 5.41) is 0.703. The van der Waals surface area contributed by atoms with E-state index in [1.165, 1.54) is 0 Å². The van der Waals surface area contributed by atoms with Gasteiger partial charge in [0.25, 0.3) is 0 Å². The van der Waals surface area contributed by atoms with Crippen LogP contribution in [-0.2, 0) is 6.54 Å². The monoisotopic (exact) mass is 240 g/mol. The molecule has 16 heavy (non-hydrogen) atoms. The molecule has 88 valence electrons. The van der Waals surface area contributed by atoms with Crippen molar-refractivity contribution >= 4 is 17.4 Å². The number of rotatable bonds is 2. The van der Waals surface area contributed by atoms with E-state index < -0.39 is 0 Å². The Morgan fingerprint density at radius 2 is 2.06 bits per heavy atom. The maximum atomic E-state index is 6.28. The van der Waals surface area contributed by atoms with Crippen molar-refractivity contribution in [1.82, 2.24) is 9.88 Å². The van der Waals surface area contributed by atoms with Crippen LogP contribution in [0.4, 0.5) is 5.82 Å². The fourth-order valence-electron chi connectivity index (χ4n) is 1.87. The van der Waals surface area contributed by atoms with Crippen molar-refractivity contribution in [1.29, 1.82) is 0 Å². The lowest BCUT2D eigenvalue weighted by atomic mass is 10.2. The Bertz CT molecular complexity index is 361. The molecule has 1 aliphatic rings. The van der Waals surface area contributed by atoms with E-state index in [9.17, 15) is 0 Å². The summed E-state index contributed by atoms with van der Waals surface area (Å²) in [6, 6.07) is 1.88. The zero-order valence-corrected chi connectivity index (χ0v) is 10.2. The fraction of sp³-hybridized carbons (Fsp3) is 0.545. The standard InChI is InChI=1S/C11H17ClN4/c1-15-4-6-16(7-5-15)11-10(12)9(8-13)2-3-14-11/h2-3H,4-8,13H2,1H3. The summed E-state index contributed by atoms with van der Waals surface area (Å²) in [5.74, 6) is 0.873. The smallest absolute Gasteiger partial charge is 0.147 e. The number of halogens is 1. The van der Waals surface area contributed by atoms with Crippen molar-refractivity contribution in [3.63, 3.8) is 0 Å². The van der Waals surface area contributed by atoms with Gasteiger partial charge in [-0.15, -0.1) is 0 Å². The molecule has 5 heteroatoms. The van der Waals surface area contributed by atoms with E-state index in [0.717, 1.165) is 37.6 Å². The lowest BCUT2D eigenvalue weighted by molar-refractivity contribution is 0.312. The number of nitrogens with zero attached hydrogens (tertiary/aromatic N) is 3. The molecule has 0 bridgehead atoms. The van der Waals surface area contributed by atoms with Crippen molar-refractivity contribution in [2.24, 2.45) is 5.73 Å². The zero-order valence-electron chi connectivity index (χ0n) is 9.49. The molecule has 1 aromatic rings. The second-order valence-electron chi connectivity index (χ2n) is 4.10. The van der Waals surface area contributed by atoms with Gasteiger partial charge in [-0.2, -0.15) is 0 Å². The Morgan fingerprint density at radius 1 is 1.38 bits per heavy atom. The topological polar surface area (TPSA) is 45.4 Å². The number of hydrogen-bond acceptors (Lipinski definition) is 4. The molecule has 1 aliphatic heterocycles. The summed E-state index contributed by atoms with van der Waals surface area (Å²) in [7, 11) is 2.13. The molecule has 4 nitrogen and oxygen atoms in total. The van der Waals surface area contributed by atoms with E-state index in [1.54, 1.807) is 6.20 Å². The molecule has 0 radical (unpaired) electrons. The predicted octanol–water partition coefficient (Wildman–Crippen LogP) is 0.946. The predicted molar refractivity (Wildman–Crippen MR) is 66.8 cm³/mol. The van der Waals surface area contributed by atoms with Crippen molar-refractivity contribution in [3.8, 4) is 0 Å². The second kappa shape index (κ2) is 4.99. The summed E-state index contributed by atoms with van der Waals surface area (Å²) < 4.78 is 0. The van der Waals surface area contributed by atoms with E-state index in [4.69, 9.17) is 17.3 Å². The Morgan fingerprint density at radius 3 is 2.69 bits per heavy atom. The number of anilines is 1. The van der Waals surface area contributed by atoms with E-state index >= 15 is 0 Å². The zero-order chi connectivity index (χ0) is 11.5. The molecular formula is C11H17ClN4. The Kier molecular flexibility index (Phi) is 3.63. The van der Waals surface area contributed by atoms with Gasteiger partial charge in [-0.05, 0) is 18.7 Å². The van der Waals surface area contributed by atoms with Crippen LogP contribution in [0.1, 0.15) is 5.56 Å². The van der Waals surface area contributed by atoms with Crippen LogP contribution in [-0.4, -0.2) is 43.1 Å². The van der Waals surface area contributed by atoms with E-state index in [1.807, 2.05) is 6.07 Å². The molecule has 1 fully saturated rings. The second-order valence-corrected chi connectivity index (χ2v) is 4.48. The summed E-state index contributed by atoms with van der Waals surface area (Å²) >= 11 is 6.28. The SMILES string of the molecule is CN1CCN(c2nccc(CN)c2Cl)CC1. The molecular weight excluding hydrogens is 224 g/mol. The van der Waals surface area contributed by atoms with Gasteiger partial charge in [0.05, 0.1) is 5.02 Å².